The molecular weight excluding hydrogens is 216 g/mol. The molecule has 2 unspecified atom stereocenters. The van der Waals surface area contributed by atoms with E-state index in [4.69, 9.17) is 0 Å². The van der Waals surface area contributed by atoms with E-state index in [9.17, 15) is 14.7 Å². The highest BCUT2D eigenvalue weighted by atomic mass is 16.4. The van der Waals surface area contributed by atoms with Crippen molar-refractivity contribution in [2.24, 2.45) is 5.92 Å². The minimum absolute atomic E-state index is 0.244. The molecule has 1 aliphatic rings. The SMILES string of the molecule is CC1=CC(=O)C(C(=O)O)C(c2ccccc2)C1. The molecule has 0 spiro atoms. The van der Waals surface area contributed by atoms with Gasteiger partial charge >= 0.3 is 5.97 Å². The predicted octanol–water partition coefficient (Wildman–Crippen LogP) is 2.39. The number of carboxylic acids is 1. The highest BCUT2D eigenvalue weighted by Gasteiger charge is 2.37. The van der Waals surface area contributed by atoms with Crippen LogP contribution < -0.4 is 0 Å². The summed E-state index contributed by atoms with van der Waals surface area (Å²) >= 11 is 0. The van der Waals surface area contributed by atoms with Crippen molar-refractivity contribution in [1.82, 2.24) is 0 Å². The molecule has 0 aliphatic heterocycles. The third-order valence-corrected chi connectivity index (χ3v) is 3.13. The number of hydrogen-bond acceptors (Lipinski definition) is 2. The molecule has 1 N–H and O–H groups in total. The second kappa shape index (κ2) is 4.53. The molecule has 0 fully saturated rings. The summed E-state index contributed by atoms with van der Waals surface area (Å²) in [5.74, 6) is -2.52. The summed E-state index contributed by atoms with van der Waals surface area (Å²) in [6.45, 7) is 1.87. The molecule has 3 heteroatoms. The topological polar surface area (TPSA) is 54.4 Å². The zero-order valence-electron chi connectivity index (χ0n) is 9.59. The van der Waals surface area contributed by atoms with E-state index >= 15 is 0 Å². The molecule has 0 saturated heterocycles. The van der Waals surface area contributed by atoms with E-state index in [1.807, 2.05) is 37.3 Å². The molecule has 0 heterocycles. The molecule has 0 radical (unpaired) electrons. The van der Waals surface area contributed by atoms with Crippen molar-refractivity contribution in [3.63, 3.8) is 0 Å². The Hall–Kier alpha value is -1.90. The van der Waals surface area contributed by atoms with Gasteiger partial charge in [0.05, 0.1) is 0 Å². The highest BCUT2D eigenvalue weighted by molar-refractivity contribution is 6.06. The lowest BCUT2D eigenvalue weighted by Crippen LogP contribution is -2.32. The molecule has 2 atom stereocenters. The fourth-order valence-electron chi connectivity index (χ4n) is 2.36. The summed E-state index contributed by atoms with van der Waals surface area (Å²) in [7, 11) is 0. The van der Waals surface area contributed by atoms with E-state index in [0.29, 0.717) is 6.42 Å². The molecule has 2 rings (SSSR count). The first-order chi connectivity index (χ1) is 8.09. The summed E-state index contributed by atoms with van der Waals surface area (Å²) in [5.41, 5.74) is 1.86. The van der Waals surface area contributed by atoms with Gasteiger partial charge in [-0.25, -0.2) is 0 Å². The molecule has 0 bridgehead atoms. The first-order valence-electron chi connectivity index (χ1n) is 5.58. The van der Waals surface area contributed by atoms with E-state index in [1.54, 1.807) is 0 Å². The van der Waals surface area contributed by atoms with E-state index in [0.717, 1.165) is 11.1 Å². The van der Waals surface area contributed by atoms with Crippen LogP contribution in [-0.4, -0.2) is 16.9 Å². The lowest BCUT2D eigenvalue weighted by molar-refractivity contribution is -0.146. The number of allylic oxidation sites excluding steroid dienone is 2. The maximum Gasteiger partial charge on any atom is 0.315 e. The number of rotatable bonds is 2. The summed E-state index contributed by atoms with van der Waals surface area (Å²) in [5, 5.41) is 9.18. The molecule has 1 aromatic rings. The van der Waals surface area contributed by atoms with Crippen LogP contribution in [0.3, 0.4) is 0 Å². The zero-order chi connectivity index (χ0) is 12.4. The van der Waals surface area contributed by atoms with Crippen LogP contribution in [0.15, 0.2) is 42.0 Å². The molecule has 0 saturated carbocycles. The average molecular weight is 230 g/mol. The van der Waals surface area contributed by atoms with Gasteiger partial charge in [0, 0.05) is 5.92 Å². The maximum absolute atomic E-state index is 11.8. The third-order valence-electron chi connectivity index (χ3n) is 3.13. The molecule has 3 nitrogen and oxygen atoms in total. The number of benzene rings is 1. The minimum Gasteiger partial charge on any atom is -0.481 e. The van der Waals surface area contributed by atoms with E-state index in [1.165, 1.54) is 6.08 Å². The Morgan fingerprint density at radius 1 is 1.29 bits per heavy atom. The lowest BCUT2D eigenvalue weighted by atomic mass is 9.75. The zero-order valence-corrected chi connectivity index (χ0v) is 9.59. The summed E-state index contributed by atoms with van der Waals surface area (Å²) in [6, 6.07) is 9.38. The Bertz CT molecular complexity index is 474. The van der Waals surface area contributed by atoms with Gasteiger partial charge in [-0.3, -0.25) is 9.59 Å². The van der Waals surface area contributed by atoms with Crippen molar-refractivity contribution in [3.05, 3.63) is 47.5 Å². The van der Waals surface area contributed by atoms with Crippen molar-refractivity contribution in [2.75, 3.05) is 0 Å². The maximum atomic E-state index is 11.8. The van der Waals surface area contributed by atoms with Gasteiger partial charge in [-0.05, 0) is 25.0 Å². The molecule has 0 aromatic heterocycles. The van der Waals surface area contributed by atoms with Gasteiger partial charge in [0.25, 0.3) is 0 Å². The van der Waals surface area contributed by atoms with Crippen LogP contribution in [0, 0.1) is 5.92 Å². The van der Waals surface area contributed by atoms with Crippen molar-refractivity contribution in [1.29, 1.82) is 0 Å². The number of carbonyl (C=O) groups excluding carboxylic acids is 1. The predicted molar refractivity (Wildman–Crippen MR) is 63.7 cm³/mol. The first-order valence-corrected chi connectivity index (χ1v) is 5.58. The molecule has 1 aliphatic carbocycles. The Balaban J connectivity index is 2.41. The van der Waals surface area contributed by atoms with Crippen molar-refractivity contribution >= 4 is 11.8 Å². The van der Waals surface area contributed by atoms with Crippen LogP contribution in [0.25, 0.3) is 0 Å². The van der Waals surface area contributed by atoms with Gasteiger partial charge in [-0.1, -0.05) is 35.9 Å². The van der Waals surface area contributed by atoms with E-state index in [-0.39, 0.29) is 11.7 Å². The molecule has 0 amide bonds. The molecule has 1 aromatic carbocycles. The Labute approximate surface area is 99.8 Å². The van der Waals surface area contributed by atoms with Gasteiger partial charge in [-0.15, -0.1) is 0 Å². The minimum atomic E-state index is -1.03. The van der Waals surface area contributed by atoms with Gasteiger partial charge in [-0.2, -0.15) is 0 Å². The van der Waals surface area contributed by atoms with Crippen molar-refractivity contribution in [3.8, 4) is 0 Å². The molecule has 17 heavy (non-hydrogen) atoms. The smallest absolute Gasteiger partial charge is 0.315 e. The van der Waals surface area contributed by atoms with Crippen LogP contribution in [0.1, 0.15) is 24.8 Å². The van der Waals surface area contributed by atoms with Crippen LogP contribution >= 0.6 is 0 Å². The van der Waals surface area contributed by atoms with Crippen LogP contribution in [0.4, 0.5) is 0 Å². The Morgan fingerprint density at radius 2 is 1.94 bits per heavy atom. The second-order valence-electron chi connectivity index (χ2n) is 4.43. The van der Waals surface area contributed by atoms with Crippen molar-refractivity contribution in [2.45, 2.75) is 19.3 Å². The first kappa shape index (κ1) is 11.6. The lowest BCUT2D eigenvalue weighted by Gasteiger charge is -2.26. The molecule has 88 valence electrons. The fraction of sp³-hybridized carbons (Fsp3) is 0.286. The number of carboxylic acid groups (broad SMARTS) is 1. The number of ketones is 1. The Morgan fingerprint density at radius 3 is 2.53 bits per heavy atom. The van der Waals surface area contributed by atoms with Gasteiger partial charge in [0.2, 0.25) is 0 Å². The summed E-state index contributed by atoms with van der Waals surface area (Å²) in [6.07, 6.45) is 2.09. The van der Waals surface area contributed by atoms with Crippen molar-refractivity contribution < 1.29 is 14.7 Å². The fourth-order valence-corrected chi connectivity index (χ4v) is 2.36. The standard InChI is InChI=1S/C14H14O3/c1-9-7-11(10-5-3-2-4-6-10)13(14(16)17)12(15)8-9/h2-6,8,11,13H,7H2,1H3,(H,16,17). The number of aliphatic carboxylic acids is 1. The monoisotopic (exact) mass is 230 g/mol. The van der Waals surface area contributed by atoms with Crippen LogP contribution in [0.5, 0.6) is 0 Å². The normalized spacial score (nSPS) is 24.3. The average Bonchev–Trinajstić information content (AvgIpc) is 2.28. The van der Waals surface area contributed by atoms with Gasteiger partial charge < -0.3 is 5.11 Å². The van der Waals surface area contributed by atoms with Gasteiger partial charge in [0.1, 0.15) is 5.92 Å². The van der Waals surface area contributed by atoms with Gasteiger partial charge in [0.15, 0.2) is 5.78 Å². The number of hydrogen-bond donors (Lipinski definition) is 1. The van der Waals surface area contributed by atoms with Crippen LogP contribution in [-0.2, 0) is 9.59 Å². The third kappa shape index (κ3) is 2.28. The summed E-state index contributed by atoms with van der Waals surface area (Å²) in [4.78, 5) is 23.0. The quantitative estimate of drug-likeness (QED) is 0.794. The highest BCUT2D eigenvalue weighted by Crippen LogP contribution is 2.35. The summed E-state index contributed by atoms with van der Waals surface area (Å²) < 4.78 is 0. The largest absolute Gasteiger partial charge is 0.481 e. The molecular formula is C14H14O3. The van der Waals surface area contributed by atoms with E-state index < -0.39 is 11.9 Å². The number of carbonyl (C=O) groups is 2. The second-order valence-corrected chi connectivity index (χ2v) is 4.43. The van der Waals surface area contributed by atoms with E-state index in [2.05, 4.69) is 0 Å². The van der Waals surface area contributed by atoms with Crippen LogP contribution in [0.2, 0.25) is 0 Å². The Kier molecular flexibility index (Phi) is 3.09.